The minimum absolute atomic E-state index is 0.114. The van der Waals surface area contributed by atoms with Gasteiger partial charge in [-0.05, 0) is 92.8 Å². The van der Waals surface area contributed by atoms with E-state index in [9.17, 15) is 35.4 Å². The molecule has 5 saturated carbocycles. The van der Waals surface area contributed by atoms with E-state index in [-0.39, 0.29) is 46.7 Å². The number of hydrogen-bond donors (Lipinski definition) is 6. The molecule has 12 heteroatoms. The molecule has 49 heavy (non-hydrogen) atoms. The van der Waals surface area contributed by atoms with Crippen LogP contribution >= 0.6 is 0 Å². The zero-order chi connectivity index (χ0) is 36.1. The number of esters is 1. The fourth-order valence-electron chi connectivity index (χ4n) is 13.5. The first-order chi connectivity index (χ1) is 22.5. The minimum atomic E-state index is -2.23. The third kappa shape index (κ3) is 4.48. The van der Waals surface area contributed by atoms with Gasteiger partial charge in [-0.25, -0.2) is 0 Å². The van der Waals surface area contributed by atoms with Crippen LogP contribution in [0.3, 0.4) is 0 Å². The zero-order valence-electron chi connectivity index (χ0n) is 30.2. The Kier molecular flexibility index (Phi) is 8.05. The molecule has 12 nitrogen and oxygen atoms in total. The highest BCUT2D eigenvalue weighted by atomic mass is 16.7. The summed E-state index contributed by atoms with van der Waals surface area (Å²) in [5.74, 6) is -4.02. The van der Waals surface area contributed by atoms with Crippen LogP contribution in [0.1, 0.15) is 100 Å². The van der Waals surface area contributed by atoms with E-state index in [4.69, 9.17) is 18.9 Å². The van der Waals surface area contributed by atoms with Crippen molar-refractivity contribution in [2.24, 2.45) is 50.7 Å². The van der Waals surface area contributed by atoms with Crippen molar-refractivity contribution in [1.29, 1.82) is 0 Å². The summed E-state index contributed by atoms with van der Waals surface area (Å²) in [5, 5.41) is 65.1. The Morgan fingerprint density at radius 3 is 2.29 bits per heavy atom. The lowest BCUT2D eigenvalue weighted by molar-refractivity contribution is -0.311. The van der Waals surface area contributed by atoms with E-state index in [0.29, 0.717) is 25.7 Å². The van der Waals surface area contributed by atoms with Crippen molar-refractivity contribution in [3.63, 3.8) is 0 Å². The second-order valence-corrected chi connectivity index (χ2v) is 18.7. The second kappa shape index (κ2) is 10.9. The van der Waals surface area contributed by atoms with Gasteiger partial charge < -0.3 is 49.6 Å². The summed E-state index contributed by atoms with van der Waals surface area (Å²) in [6, 6.07) is 0. The van der Waals surface area contributed by atoms with Crippen molar-refractivity contribution in [2.75, 3.05) is 6.61 Å². The van der Waals surface area contributed by atoms with Gasteiger partial charge >= 0.3 is 5.97 Å². The molecule has 278 valence electrons. The first-order valence-corrected chi connectivity index (χ1v) is 18.4. The van der Waals surface area contributed by atoms with Gasteiger partial charge in [0.1, 0.15) is 30.5 Å². The maximum Gasteiger partial charge on any atom is 0.302 e. The molecule has 7 fully saturated rings. The average molecular weight is 695 g/mol. The minimum Gasteiger partial charge on any atom is -0.462 e. The van der Waals surface area contributed by atoms with Crippen LogP contribution < -0.4 is 0 Å². The van der Waals surface area contributed by atoms with Gasteiger partial charge in [-0.1, -0.05) is 34.6 Å². The van der Waals surface area contributed by atoms with Crippen LogP contribution in [-0.4, -0.2) is 109 Å². The van der Waals surface area contributed by atoms with Crippen LogP contribution in [0, 0.1) is 50.7 Å². The smallest absolute Gasteiger partial charge is 0.302 e. The summed E-state index contributed by atoms with van der Waals surface area (Å²) in [5.41, 5.74) is -4.46. The number of hydrogen-bond acceptors (Lipinski definition) is 12. The third-order valence-corrected chi connectivity index (χ3v) is 15.7. The number of carbonyl (C=O) groups is 2. The van der Waals surface area contributed by atoms with Crippen molar-refractivity contribution in [1.82, 2.24) is 0 Å². The van der Waals surface area contributed by atoms with Crippen molar-refractivity contribution in [2.45, 2.75) is 161 Å². The van der Waals surface area contributed by atoms with Gasteiger partial charge in [0.05, 0.1) is 24.4 Å². The maximum absolute atomic E-state index is 15.1. The van der Waals surface area contributed by atoms with Crippen LogP contribution in [0.25, 0.3) is 0 Å². The number of carbonyl (C=O) groups excluding carboxylic acids is 2. The van der Waals surface area contributed by atoms with Crippen LogP contribution in [0.4, 0.5) is 0 Å². The van der Waals surface area contributed by atoms with E-state index in [1.54, 1.807) is 0 Å². The van der Waals surface area contributed by atoms with Crippen LogP contribution in [0.5, 0.6) is 0 Å². The lowest BCUT2D eigenvalue weighted by Crippen LogP contribution is -2.65. The van der Waals surface area contributed by atoms with Gasteiger partial charge in [0, 0.05) is 23.7 Å². The molecule has 6 N–H and O–H groups in total. The number of ether oxygens (including phenoxy) is 4. The fourth-order valence-corrected chi connectivity index (χ4v) is 13.5. The van der Waals surface area contributed by atoms with Crippen molar-refractivity contribution in [3.05, 3.63) is 0 Å². The van der Waals surface area contributed by atoms with Crippen LogP contribution in [0.2, 0.25) is 0 Å². The first-order valence-electron chi connectivity index (χ1n) is 18.4. The molecule has 0 radical (unpaired) electrons. The molecule has 0 aromatic rings. The fraction of sp³-hybridized carbons (Fsp3) is 0.946. The quantitative estimate of drug-likeness (QED) is 0.181. The lowest BCUT2D eigenvalue weighted by Gasteiger charge is -2.64. The Morgan fingerprint density at radius 1 is 1.00 bits per heavy atom. The van der Waals surface area contributed by atoms with Gasteiger partial charge in [-0.3, -0.25) is 9.59 Å². The van der Waals surface area contributed by atoms with Gasteiger partial charge in [-0.2, -0.15) is 0 Å². The molecule has 2 saturated heterocycles. The number of aliphatic hydroxyl groups excluding tert-OH is 4. The molecule has 0 unspecified atom stereocenters. The number of fused-ring (bicyclic) bond motifs is 4. The third-order valence-electron chi connectivity index (χ3n) is 15.7. The number of rotatable bonds is 5. The largest absolute Gasteiger partial charge is 0.462 e. The van der Waals surface area contributed by atoms with Gasteiger partial charge in [0.25, 0.3) is 0 Å². The van der Waals surface area contributed by atoms with Crippen molar-refractivity contribution < 1.29 is 59.2 Å². The van der Waals surface area contributed by atoms with Gasteiger partial charge in [0.15, 0.2) is 12.1 Å². The van der Waals surface area contributed by atoms with E-state index in [1.807, 2.05) is 20.8 Å². The molecule has 7 aliphatic rings. The number of ketones is 1. The highest BCUT2D eigenvalue weighted by Crippen LogP contribution is 2.89. The monoisotopic (exact) mass is 694 g/mol. The molecule has 17 atom stereocenters. The van der Waals surface area contributed by atoms with E-state index in [0.717, 1.165) is 19.3 Å². The van der Waals surface area contributed by atoms with Crippen molar-refractivity contribution >= 4 is 11.8 Å². The van der Waals surface area contributed by atoms with Crippen LogP contribution in [0.15, 0.2) is 0 Å². The highest BCUT2D eigenvalue weighted by molar-refractivity contribution is 5.96. The summed E-state index contributed by atoms with van der Waals surface area (Å²) < 4.78 is 24.6. The Balaban J connectivity index is 1.24. The summed E-state index contributed by atoms with van der Waals surface area (Å²) in [6.45, 7) is 14.5. The SMILES string of the molecule is CC(=O)O[C@@H]1C[C@@]23C[C@@]24CC[C@H](O[C@@H]2OC[C@@H](O)[C@H](O)[C@H]2O)C(C)(C)[C@H]4CC[C@H]3[C@]2(C)C(=O)[C@]3(O)O[C@H]([C@H](O)C(C)(C)O)C[C@@H](C)[C@@H]3[C@@]12C. The maximum atomic E-state index is 15.1. The summed E-state index contributed by atoms with van der Waals surface area (Å²) in [7, 11) is 0. The molecule has 0 bridgehead atoms. The lowest BCUT2D eigenvalue weighted by atomic mass is 9.40. The molecular formula is C37H58O12. The highest BCUT2D eigenvalue weighted by Gasteiger charge is 2.89. The Morgan fingerprint density at radius 2 is 1.65 bits per heavy atom. The zero-order valence-corrected chi connectivity index (χ0v) is 30.2. The van der Waals surface area contributed by atoms with E-state index in [1.165, 1.54) is 20.8 Å². The standard InChI is InChI=1S/C37H58O12/c1-17-13-20(28(42)32(5,6)44)49-37(45)27(17)34(8)24(47-18(2)38)14-36-16-35(36)12-11-23(48-29-26(41)25(40)19(39)15-46-29)31(3,4)21(35)9-10-22(36)33(34,7)30(37)43/h17,19-29,39-42,44-45H,9-16H2,1-8H3/t17-,19-,20+,21-,22+,23+,24-,25+,26-,27-,28+,29+,33-,34-,35-,36+,37-/m1/s1. The number of aliphatic hydroxyl groups is 6. The van der Waals surface area contributed by atoms with Gasteiger partial charge in [-0.15, -0.1) is 0 Å². The van der Waals surface area contributed by atoms with Crippen molar-refractivity contribution in [3.8, 4) is 0 Å². The molecule has 2 spiro atoms. The summed E-state index contributed by atoms with van der Waals surface area (Å²) >= 11 is 0. The average Bonchev–Trinajstić information content (AvgIpc) is 3.63. The van der Waals surface area contributed by atoms with E-state index < -0.39 is 82.8 Å². The van der Waals surface area contributed by atoms with E-state index >= 15 is 4.79 Å². The molecular weight excluding hydrogens is 636 g/mol. The van der Waals surface area contributed by atoms with Gasteiger partial charge in [0.2, 0.25) is 5.79 Å². The van der Waals surface area contributed by atoms with E-state index in [2.05, 4.69) is 13.8 Å². The molecule has 0 amide bonds. The normalized spacial score (nSPS) is 55.2. The molecule has 7 rings (SSSR count). The summed E-state index contributed by atoms with van der Waals surface area (Å²) in [6.07, 6.45) is -3.53. The Labute approximate surface area is 288 Å². The molecule has 2 aliphatic heterocycles. The predicted octanol–water partition coefficient (Wildman–Crippen LogP) is 1.83. The molecule has 5 aliphatic carbocycles. The summed E-state index contributed by atoms with van der Waals surface area (Å²) in [4.78, 5) is 27.9. The predicted molar refractivity (Wildman–Crippen MR) is 172 cm³/mol. The second-order valence-electron chi connectivity index (χ2n) is 18.7. The first kappa shape index (κ1) is 36.2. The molecule has 2 heterocycles. The Bertz CT molecular complexity index is 1380. The molecule has 0 aromatic heterocycles. The molecule has 0 aromatic carbocycles. The topological polar surface area (TPSA) is 192 Å². The van der Waals surface area contributed by atoms with Crippen LogP contribution in [-0.2, 0) is 28.5 Å². The Hall–Kier alpha value is -1.22. The number of Topliss-reactive ketones (excluding diaryl/α,β-unsaturated/α-hetero) is 1.